The van der Waals surface area contributed by atoms with Gasteiger partial charge in [0.2, 0.25) is 0 Å². The molecular formula is C15H9ClO3. The number of benzene rings is 2. The van der Waals surface area contributed by atoms with E-state index in [1.54, 1.807) is 30.3 Å². The van der Waals surface area contributed by atoms with Gasteiger partial charge in [-0.15, -0.1) is 0 Å². The van der Waals surface area contributed by atoms with Crippen molar-refractivity contribution in [1.82, 2.24) is 0 Å². The van der Waals surface area contributed by atoms with Gasteiger partial charge in [0.15, 0.2) is 10.8 Å². The lowest BCUT2D eigenvalue weighted by molar-refractivity contribution is 0.475. The molecule has 0 saturated carbocycles. The number of halogens is 1. The lowest BCUT2D eigenvalue weighted by atomic mass is 10.2. The van der Waals surface area contributed by atoms with Gasteiger partial charge in [0.1, 0.15) is 11.3 Å². The molecule has 0 fully saturated rings. The monoisotopic (exact) mass is 272 g/mol. The second-order valence-corrected chi connectivity index (χ2v) is 4.32. The summed E-state index contributed by atoms with van der Waals surface area (Å²) in [6.45, 7) is 0. The summed E-state index contributed by atoms with van der Waals surface area (Å²) in [6.07, 6.45) is 0. The molecule has 1 aromatic heterocycles. The summed E-state index contributed by atoms with van der Waals surface area (Å²) in [7, 11) is 0. The molecule has 1 heterocycles. The predicted octanol–water partition coefficient (Wildman–Crippen LogP) is 4.24. The van der Waals surface area contributed by atoms with Gasteiger partial charge >= 0.3 is 5.63 Å². The molecular weight excluding hydrogens is 264 g/mol. The third-order valence-electron chi connectivity index (χ3n) is 2.68. The molecule has 0 spiro atoms. The molecule has 0 aliphatic carbocycles. The Morgan fingerprint density at radius 2 is 1.63 bits per heavy atom. The van der Waals surface area contributed by atoms with E-state index in [1.807, 2.05) is 24.3 Å². The van der Waals surface area contributed by atoms with Crippen molar-refractivity contribution in [3.63, 3.8) is 0 Å². The molecule has 3 aromatic rings. The Bertz CT molecular complexity index is 778. The van der Waals surface area contributed by atoms with Crippen LogP contribution >= 0.6 is 11.6 Å². The number of ether oxygens (including phenoxy) is 1. The van der Waals surface area contributed by atoms with Crippen LogP contribution in [0.1, 0.15) is 0 Å². The highest BCUT2D eigenvalue weighted by atomic mass is 35.5. The number of para-hydroxylation sites is 2. The molecule has 0 unspecified atom stereocenters. The Kier molecular flexibility index (Phi) is 2.97. The zero-order valence-electron chi connectivity index (χ0n) is 9.80. The van der Waals surface area contributed by atoms with E-state index >= 15 is 0 Å². The summed E-state index contributed by atoms with van der Waals surface area (Å²) in [6, 6.07) is 16.3. The highest BCUT2D eigenvalue weighted by Crippen LogP contribution is 2.34. The first kappa shape index (κ1) is 11.8. The van der Waals surface area contributed by atoms with Crippen molar-refractivity contribution in [2.75, 3.05) is 0 Å². The summed E-state index contributed by atoms with van der Waals surface area (Å²) in [5.74, 6) is 0.930. The molecule has 0 radical (unpaired) electrons. The van der Waals surface area contributed by atoms with Gasteiger partial charge in [-0.3, -0.25) is 0 Å². The van der Waals surface area contributed by atoms with Crippen molar-refractivity contribution in [3.05, 3.63) is 70.0 Å². The van der Waals surface area contributed by atoms with E-state index in [-0.39, 0.29) is 5.02 Å². The first-order chi connectivity index (χ1) is 9.25. The van der Waals surface area contributed by atoms with E-state index in [9.17, 15) is 4.79 Å². The molecule has 3 rings (SSSR count). The number of rotatable bonds is 2. The third-order valence-corrected chi connectivity index (χ3v) is 3.00. The SMILES string of the molecule is O=c1oc2ccccc2c(Oc2ccccc2)c1Cl. The fourth-order valence-corrected chi connectivity index (χ4v) is 1.98. The van der Waals surface area contributed by atoms with Gasteiger partial charge in [-0.05, 0) is 24.3 Å². The van der Waals surface area contributed by atoms with Gasteiger partial charge in [0, 0.05) is 0 Å². The lowest BCUT2D eigenvalue weighted by Gasteiger charge is -2.09. The van der Waals surface area contributed by atoms with Crippen LogP contribution < -0.4 is 10.4 Å². The molecule has 0 amide bonds. The van der Waals surface area contributed by atoms with Crippen molar-refractivity contribution in [1.29, 1.82) is 0 Å². The van der Waals surface area contributed by atoms with Crippen LogP contribution in [-0.2, 0) is 0 Å². The molecule has 0 bridgehead atoms. The van der Waals surface area contributed by atoms with Gasteiger partial charge in [0.25, 0.3) is 0 Å². The number of hydrogen-bond acceptors (Lipinski definition) is 3. The maximum Gasteiger partial charge on any atom is 0.359 e. The first-order valence-corrected chi connectivity index (χ1v) is 6.08. The zero-order chi connectivity index (χ0) is 13.2. The van der Waals surface area contributed by atoms with E-state index in [4.69, 9.17) is 20.8 Å². The maximum absolute atomic E-state index is 11.7. The number of hydrogen-bond donors (Lipinski definition) is 0. The minimum atomic E-state index is -0.605. The molecule has 94 valence electrons. The highest BCUT2D eigenvalue weighted by molar-refractivity contribution is 6.32. The van der Waals surface area contributed by atoms with Crippen molar-refractivity contribution in [2.24, 2.45) is 0 Å². The maximum atomic E-state index is 11.7. The predicted molar refractivity (Wildman–Crippen MR) is 74.0 cm³/mol. The van der Waals surface area contributed by atoms with Crippen LogP contribution in [0.2, 0.25) is 5.02 Å². The lowest BCUT2D eigenvalue weighted by Crippen LogP contribution is -2.02. The first-order valence-electron chi connectivity index (χ1n) is 5.70. The van der Waals surface area contributed by atoms with Gasteiger partial charge in [-0.25, -0.2) is 4.79 Å². The molecule has 3 nitrogen and oxygen atoms in total. The van der Waals surface area contributed by atoms with Crippen molar-refractivity contribution in [2.45, 2.75) is 0 Å². The molecule has 0 aliphatic heterocycles. The summed E-state index contributed by atoms with van der Waals surface area (Å²) in [4.78, 5) is 11.7. The summed E-state index contributed by atoms with van der Waals surface area (Å²) in [5, 5.41) is 0.610. The summed E-state index contributed by atoms with van der Waals surface area (Å²) >= 11 is 5.99. The second kappa shape index (κ2) is 4.78. The van der Waals surface area contributed by atoms with Crippen molar-refractivity contribution < 1.29 is 9.15 Å². The standard InChI is InChI=1S/C15H9ClO3/c16-13-14(18-10-6-2-1-3-7-10)11-8-4-5-9-12(11)19-15(13)17/h1-9H. The van der Waals surface area contributed by atoms with Gasteiger partial charge < -0.3 is 9.15 Å². The summed E-state index contributed by atoms with van der Waals surface area (Å²) in [5.41, 5.74) is -0.158. The van der Waals surface area contributed by atoms with E-state index in [0.29, 0.717) is 22.5 Å². The van der Waals surface area contributed by atoms with Crippen LogP contribution in [0.3, 0.4) is 0 Å². The van der Waals surface area contributed by atoms with Crippen LogP contribution in [0.25, 0.3) is 11.0 Å². The second-order valence-electron chi connectivity index (χ2n) is 3.94. The highest BCUT2D eigenvalue weighted by Gasteiger charge is 2.14. The van der Waals surface area contributed by atoms with Gasteiger partial charge in [0.05, 0.1) is 5.39 Å². The quantitative estimate of drug-likeness (QED) is 0.655. The van der Waals surface area contributed by atoms with Crippen LogP contribution in [-0.4, -0.2) is 0 Å². The molecule has 19 heavy (non-hydrogen) atoms. The molecule has 0 saturated heterocycles. The van der Waals surface area contributed by atoms with Crippen molar-refractivity contribution in [3.8, 4) is 11.5 Å². The fourth-order valence-electron chi connectivity index (χ4n) is 1.81. The van der Waals surface area contributed by atoms with Gasteiger partial charge in [-0.2, -0.15) is 0 Å². The fraction of sp³-hybridized carbons (Fsp3) is 0. The normalized spacial score (nSPS) is 10.6. The minimum absolute atomic E-state index is 0.0532. The Balaban J connectivity index is 2.22. The Morgan fingerprint density at radius 1 is 0.947 bits per heavy atom. The topological polar surface area (TPSA) is 39.4 Å². The molecule has 0 aliphatic rings. The van der Waals surface area contributed by atoms with E-state index in [0.717, 1.165) is 0 Å². The largest absolute Gasteiger partial charge is 0.455 e. The Hall–Kier alpha value is -2.26. The van der Waals surface area contributed by atoms with Crippen LogP contribution in [0.15, 0.2) is 63.8 Å². The van der Waals surface area contributed by atoms with Crippen LogP contribution in [0, 0.1) is 0 Å². The Morgan fingerprint density at radius 3 is 2.42 bits per heavy atom. The molecule has 0 atom stereocenters. The van der Waals surface area contributed by atoms with E-state index in [1.165, 1.54) is 0 Å². The molecule has 0 N–H and O–H groups in total. The Labute approximate surface area is 114 Å². The smallest absolute Gasteiger partial charge is 0.359 e. The minimum Gasteiger partial charge on any atom is -0.455 e. The van der Waals surface area contributed by atoms with Crippen LogP contribution in [0.5, 0.6) is 11.5 Å². The average Bonchev–Trinajstić information content (AvgIpc) is 2.45. The van der Waals surface area contributed by atoms with Crippen molar-refractivity contribution >= 4 is 22.6 Å². The van der Waals surface area contributed by atoms with E-state index in [2.05, 4.69) is 0 Å². The van der Waals surface area contributed by atoms with Crippen LogP contribution in [0.4, 0.5) is 0 Å². The average molecular weight is 273 g/mol. The molecule has 2 aromatic carbocycles. The number of fused-ring (bicyclic) bond motifs is 1. The molecule has 4 heteroatoms. The third kappa shape index (κ3) is 2.20. The van der Waals surface area contributed by atoms with Gasteiger partial charge in [-0.1, -0.05) is 41.9 Å². The zero-order valence-corrected chi connectivity index (χ0v) is 10.6. The summed E-state index contributed by atoms with van der Waals surface area (Å²) < 4.78 is 10.8. The van der Waals surface area contributed by atoms with E-state index < -0.39 is 5.63 Å².